The van der Waals surface area contributed by atoms with E-state index >= 15 is 0 Å². The van der Waals surface area contributed by atoms with Gasteiger partial charge in [-0.1, -0.05) is 30.0 Å². The minimum Gasteiger partial charge on any atom is -0.485 e. The van der Waals surface area contributed by atoms with Gasteiger partial charge in [0.25, 0.3) is 0 Å². The molecule has 0 spiro atoms. The van der Waals surface area contributed by atoms with Crippen molar-refractivity contribution in [3.63, 3.8) is 0 Å². The van der Waals surface area contributed by atoms with Gasteiger partial charge in [0, 0.05) is 6.54 Å². The number of primary amides is 1. The lowest BCUT2D eigenvalue weighted by Gasteiger charge is -2.26. The highest BCUT2D eigenvalue weighted by molar-refractivity contribution is 7.99. The molecule has 0 radical (unpaired) electrons. The summed E-state index contributed by atoms with van der Waals surface area (Å²) in [6, 6.07) is 7.47. The SMILES string of the molecule is C=CCn1c(SCC(N)=O)nnc1[C@@H]1COc2ccccc2O1. The molecule has 23 heavy (non-hydrogen) atoms. The van der Waals surface area contributed by atoms with Crippen LogP contribution >= 0.6 is 11.8 Å². The Morgan fingerprint density at radius 3 is 2.96 bits per heavy atom. The molecule has 120 valence electrons. The summed E-state index contributed by atoms with van der Waals surface area (Å²) in [5, 5.41) is 8.92. The number of nitrogens with zero attached hydrogens (tertiary/aromatic N) is 3. The van der Waals surface area contributed by atoms with Crippen molar-refractivity contribution in [3.8, 4) is 11.5 Å². The molecule has 3 rings (SSSR count). The molecule has 1 aromatic heterocycles. The number of hydrogen-bond acceptors (Lipinski definition) is 6. The fraction of sp³-hybridized carbons (Fsp3) is 0.267. The van der Waals surface area contributed by atoms with E-state index in [4.69, 9.17) is 15.2 Å². The molecule has 0 bridgehead atoms. The summed E-state index contributed by atoms with van der Waals surface area (Å²) in [5.74, 6) is 1.74. The van der Waals surface area contributed by atoms with Crippen molar-refractivity contribution in [1.29, 1.82) is 0 Å². The smallest absolute Gasteiger partial charge is 0.227 e. The fourth-order valence-electron chi connectivity index (χ4n) is 2.23. The molecule has 1 aliphatic rings. The molecule has 1 aliphatic heterocycles. The van der Waals surface area contributed by atoms with Crippen LogP contribution in [0.4, 0.5) is 0 Å². The number of fused-ring (bicyclic) bond motifs is 1. The third-order valence-corrected chi connectivity index (χ3v) is 4.19. The first kappa shape index (κ1) is 15.4. The molecule has 2 N–H and O–H groups in total. The Labute approximate surface area is 137 Å². The molecule has 0 unspecified atom stereocenters. The molecule has 2 heterocycles. The monoisotopic (exact) mass is 332 g/mol. The number of benzene rings is 1. The van der Waals surface area contributed by atoms with Gasteiger partial charge in [0.2, 0.25) is 5.91 Å². The van der Waals surface area contributed by atoms with E-state index in [1.54, 1.807) is 6.08 Å². The first-order valence-electron chi connectivity index (χ1n) is 7.02. The normalized spacial score (nSPS) is 16.1. The fourth-order valence-corrected chi connectivity index (χ4v) is 2.92. The van der Waals surface area contributed by atoms with E-state index in [0.29, 0.717) is 35.6 Å². The summed E-state index contributed by atoms with van der Waals surface area (Å²) < 4.78 is 13.5. The Morgan fingerprint density at radius 2 is 2.22 bits per heavy atom. The van der Waals surface area contributed by atoms with Gasteiger partial charge in [0.05, 0.1) is 5.75 Å². The molecular weight excluding hydrogens is 316 g/mol. The summed E-state index contributed by atoms with van der Waals surface area (Å²) in [4.78, 5) is 11.0. The average Bonchev–Trinajstić information content (AvgIpc) is 2.95. The molecule has 7 nitrogen and oxygen atoms in total. The zero-order chi connectivity index (χ0) is 16.2. The second-order valence-electron chi connectivity index (χ2n) is 4.86. The molecule has 0 fully saturated rings. The summed E-state index contributed by atoms with van der Waals surface area (Å²) >= 11 is 1.24. The van der Waals surface area contributed by atoms with Crippen molar-refractivity contribution in [3.05, 3.63) is 42.7 Å². The summed E-state index contributed by atoms with van der Waals surface area (Å²) in [5.41, 5.74) is 5.18. The third-order valence-electron chi connectivity index (χ3n) is 3.20. The van der Waals surface area contributed by atoms with E-state index in [1.165, 1.54) is 11.8 Å². The Morgan fingerprint density at radius 1 is 1.43 bits per heavy atom. The first-order chi connectivity index (χ1) is 11.2. The highest BCUT2D eigenvalue weighted by Gasteiger charge is 2.28. The van der Waals surface area contributed by atoms with Gasteiger partial charge in [-0.3, -0.25) is 9.36 Å². The Hall–Kier alpha value is -2.48. The molecule has 8 heteroatoms. The van der Waals surface area contributed by atoms with E-state index in [1.807, 2.05) is 28.8 Å². The number of nitrogens with two attached hydrogens (primary N) is 1. The molecule has 2 aromatic rings. The van der Waals surface area contributed by atoms with Crippen molar-refractivity contribution >= 4 is 17.7 Å². The van der Waals surface area contributed by atoms with Gasteiger partial charge in [-0.05, 0) is 12.1 Å². The van der Waals surface area contributed by atoms with Crippen LogP contribution in [0.15, 0.2) is 42.1 Å². The molecule has 1 aromatic carbocycles. The standard InChI is InChI=1S/C15H16N4O3S/c1-2-7-19-14(17-18-15(19)23-9-13(16)20)12-8-21-10-5-3-4-6-11(10)22-12/h2-6,12H,1,7-9H2,(H2,16,20)/t12-/m0/s1. The number of amides is 1. The Kier molecular flexibility index (Phi) is 4.52. The number of allylic oxidation sites excluding steroid dienone is 1. The molecule has 1 atom stereocenters. The number of ether oxygens (including phenoxy) is 2. The number of aromatic nitrogens is 3. The van der Waals surface area contributed by atoms with Crippen LogP contribution in [0.2, 0.25) is 0 Å². The first-order valence-corrected chi connectivity index (χ1v) is 8.01. The lowest BCUT2D eigenvalue weighted by atomic mass is 10.2. The van der Waals surface area contributed by atoms with Crippen molar-refractivity contribution in [2.75, 3.05) is 12.4 Å². The molecule has 1 amide bonds. The maximum absolute atomic E-state index is 11.0. The van der Waals surface area contributed by atoms with Gasteiger partial charge >= 0.3 is 0 Å². The van der Waals surface area contributed by atoms with E-state index < -0.39 is 5.91 Å². The van der Waals surface area contributed by atoms with Crippen LogP contribution in [-0.2, 0) is 11.3 Å². The van der Waals surface area contributed by atoms with Gasteiger partial charge in [-0.25, -0.2) is 0 Å². The number of thioether (sulfide) groups is 1. The van der Waals surface area contributed by atoms with Crippen molar-refractivity contribution in [2.45, 2.75) is 17.8 Å². The predicted octanol–water partition coefficient (Wildman–Crippen LogP) is 1.55. The maximum atomic E-state index is 11.0. The van der Waals surface area contributed by atoms with E-state index in [2.05, 4.69) is 16.8 Å². The molecule has 0 aliphatic carbocycles. The molecular formula is C15H16N4O3S. The topological polar surface area (TPSA) is 92.3 Å². The third kappa shape index (κ3) is 3.31. The Bertz CT molecular complexity index is 731. The summed E-state index contributed by atoms with van der Waals surface area (Å²) in [7, 11) is 0. The number of rotatable bonds is 6. The second-order valence-corrected chi connectivity index (χ2v) is 5.80. The minimum atomic E-state index is -0.407. The molecule has 0 saturated heterocycles. The number of carbonyl (C=O) groups is 1. The van der Waals surface area contributed by atoms with Gasteiger partial charge in [-0.2, -0.15) is 0 Å². The quantitative estimate of drug-likeness (QED) is 0.637. The molecule has 0 saturated carbocycles. The van der Waals surface area contributed by atoms with Gasteiger partial charge in [0.15, 0.2) is 28.6 Å². The van der Waals surface area contributed by atoms with E-state index in [0.717, 1.165) is 0 Å². The summed E-state index contributed by atoms with van der Waals surface area (Å²) in [6.07, 6.45) is 1.36. The lowest BCUT2D eigenvalue weighted by Crippen LogP contribution is -2.25. The van der Waals surface area contributed by atoms with E-state index in [-0.39, 0.29) is 11.9 Å². The predicted molar refractivity (Wildman–Crippen MR) is 85.4 cm³/mol. The van der Waals surface area contributed by atoms with Crippen molar-refractivity contribution in [1.82, 2.24) is 14.8 Å². The zero-order valence-corrected chi connectivity index (χ0v) is 13.2. The van der Waals surface area contributed by atoms with Crippen LogP contribution in [0, 0.1) is 0 Å². The highest BCUT2D eigenvalue weighted by Crippen LogP contribution is 2.36. The van der Waals surface area contributed by atoms with Gasteiger partial charge < -0.3 is 15.2 Å². The average molecular weight is 332 g/mol. The highest BCUT2D eigenvalue weighted by atomic mass is 32.2. The van der Waals surface area contributed by atoms with Crippen molar-refractivity contribution < 1.29 is 14.3 Å². The van der Waals surface area contributed by atoms with Crippen LogP contribution in [0.25, 0.3) is 0 Å². The van der Waals surface area contributed by atoms with Gasteiger partial charge in [0.1, 0.15) is 6.61 Å². The van der Waals surface area contributed by atoms with Crippen LogP contribution in [0.5, 0.6) is 11.5 Å². The summed E-state index contributed by atoms with van der Waals surface area (Å²) in [6.45, 7) is 4.59. The van der Waals surface area contributed by atoms with Crippen LogP contribution < -0.4 is 15.2 Å². The number of carbonyl (C=O) groups excluding carboxylic acids is 1. The number of para-hydroxylation sites is 2. The second kappa shape index (κ2) is 6.74. The maximum Gasteiger partial charge on any atom is 0.227 e. The van der Waals surface area contributed by atoms with E-state index in [9.17, 15) is 4.79 Å². The Balaban J connectivity index is 1.85. The minimum absolute atomic E-state index is 0.139. The van der Waals surface area contributed by atoms with Crippen molar-refractivity contribution in [2.24, 2.45) is 5.73 Å². The number of hydrogen-bond donors (Lipinski definition) is 1. The largest absolute Gasteiger partial charge is 0.485 e. The van der Waals surface area contributed by atoms with Crippen LogP contribution in [0.3, 0.4) is 0 Å². The van der Waals surface area contributed by atoms with Gasteiger partial charge in [-0.15, -0.1) is 16.8 Å². The zero-order valence-electron chi connectivity index (χ0n) is 12.3. The lowest BCUT2D eigenvalue weighted by molar-refractivity contribution is -0.115. The van der Waals surface area contributed by atoms with Crippen LogP contribution in [0.1, 0.15) is 11.9 Å². The van der Waals surface area contributed by atoms with Crippen LogP contribution in [-0.4, -0.2) is 33.0 Å².